The predicted molar refractivity (Wildman–Crippen MR) is 160 cm³/mol. The van der Waals surface area contributed by atoms with Crippen LogP contribution in [0.25, 0.3) is 0 Å². The summed E-state index contributed by atoms with van der Waals surface area (Å²) in [6.45, 7) is 4.91. The van der Waals surface area contributed by atoms with Crippen molar-refractivity contribution in [1.82, 2.24) is 4.90 Å². The first-order chi connectivity index (χ1) is 22.0. The second-order valence-corrected chi connectivity index (χ2v) is 14.5. The van der Waals surface area contributed by atoms with Crippen molar-refractivity contribution in [3.63, 3.8) is 0 Å². The maximum Gasteiger partial charge on any atom is 0.338 e. The second-order valence-electron chi connectivity index (χ2n) is 14.5. The van der Waals surface area contributed by atoms with Crippen LogP contribution in [0.15, 0.2) is 30.3 Å². The molecule has 1 aromatic rings. The minimum absolute atomic E-state index is 0.0480. The van der Waals surface area contributed by atoms with E-state index in [-0.39, 0.29) is 12.3 Å². The van der Waals surface area contributed by atoms with E-state index in [1.165, 1.54) is 14.0 Å². The first kappa shape index (κ1) is 32.4. The molecule has 7 bridgehead atoms. The van der Waals surface area contributed by atoms with Gasteiger partial charge in [0.1, 0.15) is 23.9 Å². The zero-order valence-corrected chi connectivity index (χ0v) is 27.3. The Morgan fingerprint density at radius 2 is 1.65 bits per heavy atom. The Kier molecular flexibility index (Phi) is 7.69. The number of methoxy groups -OCH3 is 4. The number of piperidine rings is 1. The predicted octanol–water partition coefficient (Wildman–Crippen LogP) is 0.648. The molecular formula is C34H47NO11. The summed E-state index contributed by atoms with van der Waals surface area (Å²) in [7, 11) is 6.26. The van der Waals surface area contributed by atoms with Crippen LogP contribution in [0.4, 0.5) is 0 Å². The lowest BCUT2D eigenvalue weighted by atomic mass is 9.42. The average molecular weight is 646 g/mol. The number of ether oxygens (including phenoxy) is 6. The quantitative estimate of drug-likeness (QED) is 0.323. The summed E-state index contributed by atoms with van der Waals surface area (Å²) in [5, 5.41) is 37.2. The van der Waals surface area contributed by atoms with Crippen LogP contribution in [0.5, 0.6) is 0 Å². The minimum atomic E-state index is -1.85. The van der Waals surface area contributed by atoms with Crippen molar-refractivity contribution in [2.24, 2.45) is 34.5 Å². The van der Waals surface area contributed by atoms with Crippen LogP contribution in [0, 0.1) is 34.5 Å². The van der Waals surface area contributed by atoms with Crippen molar-refractivity contribution in [3.8, 4) is 0 Å². The van der Waals surface area contributed by atoms with Crippen molar-refractivity contribution < 1.29 is 53.3 Å². The topological polar surface area (TPSA) is 153 Å². The number of fused-ring (bicyclic) bond motifs is 2. The van der Waals surface area contributed by atoms with E-state index >= 15 is 0 Å². The highest BCUT2D eigenvalue weighted by Gasteiger charge is 2.92. The Morgan fingerprint density at radius 1 is 0.957 bits per heavy atom. The number of carbonyl (C=O) groups excluding carboxylic acids is 2. The number of nitrogens with zero attached hydrogens (tertiary/aromatic N) is 1. The summed E-state index contributed by atoms with van der Waals surface area (Å²) >= 11 is 0. The molecule has 1 saturated heterocycles. The van der Waals surface area contributed by atoms with Crippen LogP contribution in [0.2, 0.25) is 0 Å². The number of carbonyl (C=O) groups is 2. The van der Waals surface area contributed by atoms with Crippen molar-refractivity contribution in [2.75, 3.05) is 48.1 Å². The smallest absolute Gasteiger partial charge is 0.338 e. The number of benzene rings is 1. The van der Waals surface area contributed by atoms with Gasteiger partial charge in [-0.25, -0.2) is 4.79 Å². The molecule has 0 unspecified atom stereocenters. The van der Waals surface area contributed by atoms with Crippen molar-refractivity contribution in [1.29, 1.82) is 0 Å². The summed E-state index contributed by atoms with van der Waals surface area (Å²) in [6.07, 6.45) is -5.70. The van der Waals surface area contributed by atoms with E-state index in [2.05, 4.69) is 11.8 Å². The van der Waals surface area contributed by atoms with Gasteiger partial charge in [0.05, 0.1) is 30.5 Å². The summed E-state index contributed by atoms with van der Waals surface area (Å²) < 4.78 is 37.4. The van der Waals surface area contributed by atoms with Crippen LogP contribution in [0.1, 0.15) is 37.0 Å². The number of esters is 2. The molecule has 1 aromatic carbocycles. The van der Waals surface area contributed by atoms with Gasteiger partial charge in [0, 0.05) is 76.5 Å². The number of hydrogen-bond donors (Lipinski definition) is 3. The molecule has 1 aliphatic heterocycles. The number of hydrogen-bond acceptors (Lipinski definition) is 12. The van der Waals surface area contributed by atoms with Crippen molar-refractivity contribution in [3.05, 3.63) is 35.9 Å². The summed E-state index contributed by atoms with van der Waals surface area (Å²) in [5.41, 5.74) is -4.71. The zero-order chi connectivity index (χ0) is 33.0. The van der Waals surface area contributed by atoms with E-state index in [9.17, 15) is 24.9 Å². The van der Waals surface area contributed by atoms with E-state index in [1.54, 1.807) is 51.7 Å². The molecular weight excluding hydrogens is 598 g/mol. The van der Waals surface area contributed by atoms with Crippen LogP contribution >= 0.6 is 0 Å². The minimum Gasteiger partial charge on any atom is -0.455 e. The fourth-order valence-electron chi connectivity index (χ4n) is 12.5. The Balaban J connectivity index is 1.53. The number of rotatable bonds is 9. The Labute approximate surface area is 269 Å². The van der Waals surface area contributed by atoms with Crippen LogP contribution < -0.4 is 0 Å². The van der Waals surface area contributed by atoms with Gasteiger partial charge < -0.3 is 43.7 Å². The summed E-state index contributed by atoms with van der Waals surface area (Å²) in [5.74, 6) is -3.65. The normalized spacial score (nSPS) is 49.9. The first-order valence-electron chi connectivity index (χ1n) is 16.3. The van der Waals surface area contributed by atoms with Gasteiger partial charge in [0.25, 0.3) is 0 Å². The average Bonchev–Trinajstić information content (AvgIpc) is 3.40. The van der Waals surface area contributed by atoms with Gasteiger partial charge in [-0.3, -0.25) is 9.69 Å². The van der Waals surface area contributed by atoms with Crippen LogP contribution in [-0.2, 0) is 33.2 Å². The lowest BCUT2D eigenvalue weighted by Crippen LogP contribution is -2.81. The fourth-order valence-corrected chi connectivity index (χ4v) is 12.5. The van der Waals surface area contributed by atoms with Crippen LogP contribution in [0.3, 0.4) is 0 Å². The Morgan fingerprint density at radius 3 is 2.24 bits per heavy atom. The fraction of sp³-hybridized carbons (Fsp3) is 0.765. The van der Waals surface area contributed by atoms with Gasteiger partial charge in [-0.1, -0.05) is 25.1 Å². The number of aliphatic hydroxyl groups excluding tert-OH is 2. The molecule has 46 heavy (non-hydrogen) atoms. The standard InChI is InChI=1S/C34H47NO11/c1-7-35-15-31(16-41-3)14-20(37)27(43-5)33-19-13-32(40)28(45-30(39)18-11-9-8-10-12-18)21(19)34(46-17(2)36,26(38)29(32)44-6)22(25(33)35)23(42-4)24(31)33/h8-12,19-29,37-38,40H,7,13-16H2,1-6H3/t19-,20+,21-,22+,23+,24-,25-,26+,27+,28-,29+,31+,32-,33+,34-/m1/s1. The molecule has 3 N–H and O–H groups in total. The maximum atomic E-state index is 13.8. The lowest BCUT2D eigenvalue weighted by molar-refractivity contribution is -0.323. The van der Waals surface area contributed by atoms with E-state index in [0.717, 1.165) is 0 Å². The number of aliphatic hydroxyl groups is 3. The van der Waals surface area contributed by atoms with E-state index < -0.39 is 94.4 Å². The molecule has 6 aliphatic rings. The molecule has 7 rings (SSSR count). The molecule has 1 spiro atoms. The second kappa shape index (κ2) is 10.9. The van der Waals surface area contributed by atoms with Gasteiger partial charge in [-0.15, -0.1) is 0 Å². The van der Waals surface area contributed by atoms with Gasteiger partial charge in [-0.05, 0) is 37.4 Å². The third kappa shape index (κ3) is 3.67. The highest BCUT2D eigenvalue weighted by atomic mass is 16.6. The van der Waals surface area contributed by atoms with Crippen molar-refractivity contribution >= 4 is 11.9 Å². The molecule has 5 aliphatic carbocycles. The van der Waals surface area contributed by atoms with Crippen LogP contribution in [-0.4, -0.2) is 134 Å². The first-order valence-corrected chi connectivity index (χ1v) is 16.3. The van der Waals surface area contributed by atoms with Gasteiger partial charge in [0.15, 0.2) is 5.60 Å². The molecule has 254 valence electrons. The third-order valence-corrected chi connectivity index (χ3v) is 13.0. The van der Waals surface area contributed by atoms with Crippen molar-refractivity contribution in [2.45, 2.75) is 80.6 Å². The molecule has 0 radical (unpaired) electrons. The molecule has 5 saturated carbocycles. The SMILES string of the molecule is CCN1C[C@]2(COC)C[C@H](O)[C@H](OC)[C@@]34[C@@H]5C[C@@]6(O)[C@H](OC(=O)c7ccccc7)[C@@H]5[C@@](OC(C)=O)([C@@H]([C@H](OC)[C@H]23)[C@@H]14)[C@@H](O)[C@@H]6OC. The zero-order valence-electron chi connectivity index (χ0n) is 27.3. The summed E-state index contributed by atoms with van der Waals surface area (Å²) in [4.78, 5) is 29.3. The molecule has 12 heteroatoms. The highest BCUT2D eigenvalue weighted by molar-refractivity contribution is 5.89. The van der Waals surface area contributed by atoms with Gasteiger partial charge in [0.2, 0.25) is 0 Å². The largest absolute Gasteiger partial charge is 0.455 e. The van der Waals surface area contributed by atoms with E-state index in [1.807, 2.05) is 0 Å². The van der Waals surface area contributed by atoms with E-state index in [4.69, 9.17) is 28.4 Å². The van der Waals surface area contributed by atoms with Gasteiger partial charge in [-0.2, -0.15) is 0 Å². The highest BCUT2D eigenvalue weighted by Crippen LogP contribution is 2.80. The molecule has 15 atom stereocenters. The Hall–Kier alpha value is -2.16. The van der Waals surface area contributed by atoms with E-state index in [0.29, 0.717) is 31.7 Å². The molecule has 12 nitrogen and oxygen atoms in total. The third-order valence-electron chi connectivity index (χ3n) is 13.0. The molecule has 1 heterocycles. The lowest BCUT2D eigenvalue weighted by Gasteiger charge is -2.70. The summed E-state index contributed by atoms with van der Waals surface area (Å²) in [6, 6.07) is 8.11. The van der Waals surface area contributed by atoms with Gasteiger partial charge >= 0.3 is 11.9 Å². The molecule has 0 aromatic heterocycles. The maximum absolute atomic E-state index is 13.8. The monoisotopic (exact) mass is 645 g/mol. The Bertz CT molecular complexity index is 1360. The molecule has 0 amide bonds. The number of likely N-dealkylation sites (tertiary alicyclic amines) is 1. The molecule has 6 fully saturated rings.